The van der Waals surface area contributed by atoms with Gasteiger partial charge in [0.25, 0.3) is 0 Å². The first-order valence-electron chi connectivity index (χ1n) is 9.98. The maximum Gasteiger partial charge on any atom is 0.248 e. The van der Waals surface area contributed by atoms with E-state index in [4.69, 9.17) is 33.7 Å². The Morgan fingerprint density at radius 3 is 2.59 bits per heavy atom. The highest BCUT2D eigenvalue weighted by molar-refractivity contribution is 6.42. The Kier molecular flexibility index (Phi) is 6.30. The summed E-state index contributed by atoms with van der Waals surface area (Å²) in [5, 5.41) is 1.18. The van der Waals surface area contributed by atoms with Gasteiger partial charge in [-0.15, -0.1) is 0 Å². The first kappa shape index (κ1) is 20.5. The molecule has 1 amide bonds. The van der Waals surface area contributed by atoms with E-state index in [1.54, 1.807) is 6.07 Å². The number of anilines is 1. The zero-order valence-corrected chi connectivity index (χ0v) is 17.8. The number of primary amides is 1. The summed E-state index contributed by atoms with van der Waals surface area (Å²) in [4.78, 5) is 16.3. The van der Waals surface area contributed by atoms with Crippen molar-refractivity contribution in [2.75, 3.05) is 44.2 Å². The third kappa shape index (κ3) is 4.69. The molecule has 154 valence electrons. The Balaban J connectivity index is 1.32. The van der Waals surface area contributed by atoms with Gasteiger partial charge < -0.3 is 15.4 Å². The Labute approximate surface area is 181 Å². The summed E-state index contributed by atoms with van der Waals surface area (Å²) < 4.78 is 6.03. The van der Waals surface area contributed by atoms with Crippen LogP contribution < -0.4 is 10.6 Å². The maximum absolute atomic E-state index is 11.4. The van der Waals surface area contributed by atoms with Crippen LogP contribution in [0.15, 0.2) is 36.4 Å². The number of fused-ring (bicyclic) bond motifs is 1. The van der Waals surface area contributed by atoms with Crippen LogP contribution in [0.5, 0.6) is 0 Å². The SMILES string of the molecule is NC(=O)c1ccc2c(c1)CCOC2CCN1CCN(c2ccc(Cl)c(Cl)c2)CC1. The van der Waals surface area contributed by atoms with Crippen LogP contribution in [-0.4, -0.2) is 50.1 Å². The minimum Gasteiger partial charge on any atom is -0.373 e. The van der Waals surface area contributed by atoms with Crippen molar-refractivity contribution >= 4 is 34.8 Å². The lowest BCUT2D eigenvalue weighted by atomic mass is 9.93. The maximum atomic E-state index is 11.4. The number of nitrogens with zero attached hydrogens (tertiary/aromatic N) is 2. The molecule has 2 aliphatic heterocycles. The molecule has 1 atom stereocenters. The van der Waals surface area contributed by atoms with Gasteiger partial charge >= 0.3 is 0 Å². The average molecular weight is 434 g/mol. The first-order valence-corrected chi connectivity index (χ1v) is 10.7. The van der Waals surface area contributed by atoms with Crippen molar-refractivity contribution in [3.63, 3.8) is 0 Å². The van der Waals surface area contributed by atoms with Crippen LogP contribution in [0.25, 0.3) is 0 Å². The fourth-order valence-electron chi connectivity index (χ4n) is 4.14. The van der Waals surface area contributed by atoms with Gasteiger partial charge in [-0.3, -0.25) is 9.69 Å². The summed E-state index contributed by atoms with van der Waals surface area (Å²) >= 11 is 12.2. The van der Waals surface area contributed by atoms with Crippen molar-refractivity contribution in [2.24, 2.45) is 5.73 Å². The smallest absolute Gasteiger partial charge is 0.248 e. The van der Waals surface area contributed by atoms with E-state index in [9.17, 15) is 4.79 Å². The van der Waals surface area contributed by atoms with Gasteiger partial charge in [0.2, 0.25) is 5.91 Å². The lowest BCUT2D eigenvalue weighted by Gasteiger charge is -2.37. The summed E-state index contributed by atoms with van der Waals surface area (Å²) in [5.74, 6) is -0.379. The summed E-state index contributed by atoms with van der Waals surface area (Å²) in [6, 6.07) is 11.5. The standard InChI is InChI=1S/C22H25Cl2N3O2/c23-19-4-2-17(14-20(19)24)27-10-8-26(9-11-27)7-5-21-18-3-1-16(22(25)28)13-15(18)6-12-29-21/h1-4,13-14,21H,5-12H2,(H2,25,28). The highest BCUT2D eigenvalue weighted by atomic mass is 35.5. The van der Waals surface area contributed by atoms with Gasteiger partial charge in [-0.2, -0.15) is 0 Å². The minimum atomic E-state index is -0.379. The molecule has 29 heavy (non-hydrogen) atoms. The lowest BCUT2D eigenvalue weighted by molar-refractivity contribution is 0.0289. The molecule has 2 aromatic carbocycles. The van der Waals surface area contributed by atoms with E-state index in [1.165, 1.54) is 11.1 Å². The number of hydrogen-bond acceptors (Lipinski definition) is 4. The molecule has 0 radical (unpaired) electrons. The molecule has 0 aliphatic carbocycles. The molecule has 2 heterocycles. The lowest BCUT2D eigenvalue weighted by Crippen LogP contribution is -2.47. The quantitative estimate of drug-likeness (QED) is 0.775. The number of rotatable bonds is 5. The molecule has 1 fully saturated rings. The first-order chi connectivity index (χ1) is 14.0. The van der Waals surface area contributed by atoms with Crippen molar-refractivity contribution in [2.45, 2.75) is 18.9 Å². The number of nitrogens with two attached hydrogens (primary N) is 1. The van der Waals surface area contributed by atoms with Crippen molar-refractivity contribution in [3.05, 3.63) is 63.1 Å². The van der Waals surface area contributed by atoms with E-state index < -0.39 is 0 Å². The molecule has 2 N–H and O–H groups in total. The fourth-order valence-corrected chi connectivity index (χ4v) is 4.43. The molecule has 0 spiro atoms. The van der Waals surface area contributed by atoms with E-state index in [2.05, 4.69) is 9.80 Å². The van der Waals surface area contributed by atoms with Gasteiger partial charge in [-0.1, -0.05) is 29.3 Å². The van der Waals surface area contributed by atoms with Crippen LogP contribution in [0.3, 0.4) is 0 Å². The van der Waals surface area contributed by atoms with E-state index in [1.807, 2.05) is 30.3 Å². The molecule has 0 saturated carbocycles. The van der Waals surface area contributed by atoms with Crippen molar-refractivity contribution in [1.82, 2.24) is 4.90 Å². The third-order valence-corrected chi connectivity index (χ3v) is 6.55. The Bertz CT molecular complexity index is 898. The molecule has 7 heteroatoms. The Morgan fingerprint density at radius 1 is 1.07 bits per heavy atom. The van der Waals surface area contributed by atoms with Gasteiger partial charge in [0, 0.05) is 44.0 Å². The Hall–Kier alpha value is -1.79. The molecule has 0 aromatic heterocycles. The second-order valence-corrected chi connectivity index (χ2v) is 8.42. The van der Waals surface area contributed by atoms with E-state index in [0.717, 1.165) is 51.3 Å². The summed E-state index contributed by atoms with van der Waals surface area (Å²) in [5.41, 5.74) is 9.48. The van der Waals surface area contributed by atoms with Crippen molar-refractivity contribution < 1.29 is 9.53 Å². The minimum absolute atomic E-state index is 0.0776. The number of halogens is 2. The third-order valence-electron chi connectivity index (χ3n) is 5.81. The molecule has 0 bridgehead atoms. The number of carbonyl (C=O) groups excluding carboxylic acids is 1. The topological polar surface area (TPSA) is 58.8 Å². The molecule has 5 nitrogen and oxygen atoms in total. The van der Waals surface area contributed by atoms with Gasteiger partial charge in [0.1, 0.15) is 0 Å². The largest absolute Gasteiger partial charge is 0.373 e. The number of benzene rings is 2. The van der Waals surface area contributed by atoms with Crippen LogP contribution in [0.1, 0.15) is 34.0 Å². The van der Waals surface area contributed by atoms with Gasteiger partial charge in [0.05, 0.1) is 22.8 Å². The van der Waals surface area contributed by atoms with Crippen LogP contribution in [-0.2, 0) is 11.2 Å². The molecular weight excluding hydrogens is 409 g/mol. The van der Waals surface area contributed by atoms with Crippen LogP contribution in [0.2, 0.25) is 10.0 Å². The van der Waals surface area contributed by atoms with Crippen molar-refractivity contribution in [1.29, 1.82) is 0 Å². The highest BCUT2D eigenvalue weighted by Crippen LogP contribution is 2.31. The zero-order valence-electron chi connectivity index (χ0n) is 16.2. The van der Waals surface area contributed by atoms with E-state index in [-0.39, 0.29) is 12.0 Å². The van der Waals surface area contributed by atoms with E-state index >= 15 is 0 Å². The van der Waals surface area contributed by atoms with Gasteiger partial charge in [-0.05, 0) is 54.3 Å². The molecule has 2 aromatic rings. The normalized spacial score (nSPS) is 19.8. The second kappa shape index (κ2) is 8.92. The van der Waals surface area contributed by atoms with Crippen LogP contribution in [0, 0.1) is 0 Å². The number of amides is 1. The predicted molar refractivity (Wildman–Crippen MR) is 117 cm³/mol. The molecule has 1 saturated heterocycles. The monoisotopic (exact) mass is 433 g/mol. The Morgan fingerprint density at radius 2 is 1.86 bits per heavy atom. The van der Waals surface area contributed by atoms with Crippen LogP contribution >= 0.6 is 23.2 Å². The predicted octanol–water partition coefficient (Wildman–Crippen LogP) is 3.92. The second-order valence-electron chi connectivity index (χ2n) is 7.60. The molecule has 4 rings (SSSR count). The summed E-state index contributed by atoms with van der Waals surface area (Å²) in [7, 11) is 0. The van der Waals surface area contributed by atoms with Gasteiger partial charge in [-0.25, -0.2) is 0 Å². The number of piperazine rings is 1. The number of hydrogen-bond donors (Lipinski definition) is 1. The molecular formula is C22H25Cl2N3O2. The van der Waals surface area contributed by atoms with Gasteiger partial charge in [0.15, 0.2) is 0 Å². The van der Waals surface area contributed by atoms with E-state index in [0.29, 0.717) is 22.2 Å². The number of carbonyl (C=O) groups is 1. The zero-order chi connectivity index (χ0) is 20.4. The number of ether oxygens (including phenoxy) is 1. The fraction of sp³-hybridized carbons (Fsp3) is 0.409. The summed E-state index contributed by atoms with van der Waals surface area (Å²) in [6.07, 6.45) is 1.85. The average Bonchev–Trinajstić information content (AvgIpc) is 2.74. The molecule has 1 unspecified atom stereocenters. The molecule has 2 aliphatic rings. The van der Waals surface area contributed by atoms with Crippen molar-refractivity contribution in [3.8, 4) is 0 Å². The summed E-state index contributed by atoms with van der Waals surface area (Å²) in [6.45, 7) is 5.59. The highest BCUT2D eigenvalue weighted by Gasteiger charge is 2.24. The van der Waals surface area contributed by atoms with Crippen LogP contribution in [0.4, 0.5) is 5.69 Å².